The molecule has 94 valence electrons. The van der Waals surface area contributed by atoms with Crippen LogP contribution in [0.1, 0.15) is 35.4 Å². The topological polar surface area (TPSA) is 59.4 Å². The largest absolute Gasteiger partial charge is 0.467 e. The van der Waals surface area contributed by atoms with Crippen molar-refractivity contribution in [3.8, 4) is 0 Å². The maximum absolute atomic E-state index is 11.3. The molecule has 18 heavy (non-hydrogen) atoms. The van der Waals surface area contributed by atoms with E-state index >= 15 is 0 Å². The maximum Gasteiger partial charge on any atom is 0.339 e. The van der Waals surface area contributed by atoms with Crippen LogP contribution in [0.3, 0.4) is 0 Å². The van der Waals surface area contributed by atoms with Crippen LogP contribution >= 0.6 is 11.3 Å². The molecule has 1 aliphatic rings. The molecular weight excluding hydrogens is 250 g/mol. The van der Waals surface area contributed by atoms with Gasteiger partial charge in [-0.2, -0.15) is 0 Å². The molecule has 1 aliphatic carbocycles. The number of rotatable bonds is 3. The third kappa shape index (κ3) is 2.00. The molecule has 0 spiro atoms. The smallest absolute Gasteiger partial charge is 0.339 e. The van der Waals surface area contributed by atoms with E-state index in [-0.39, 0.29) is 0 Å². The zero-order valence-corrected chi connectivity index (χ0v) is 10.7. The number of fused-ring (bicyclic) bond motifs is 1. The van der Waals surface area contributed by atoms with Gasteiger partial charge in [0.25, 0.3) is 0 Å². The lowest BCUT2D eigenvalue weighted by atomic mass is 10.1. The molecule has 1 fully saturated rings. The van der Waals surface area contributed by atoms with Gasteiger partial charge < -0.3 is 9.84 Å². The minimum atomic E-state index is -1.23. The molecule has 1 atom stereocenters. The predicted octanol–water partition coefficient (Wildman–Crippen LogP) is 2.38. The maximum atomic E-state index is 11.3. The molecule has 3 rings (SSSR count). The number of thiazole rings is 1. The SMILES string of the molecule is COC(=O)C(O)c1ccc2sc(C3CC3)nc2c1. The normalized spacial score (nSPS) is 16.8. The van der Waals surface area contributed by atoms with Crippen LogP contribution in [0.2, 0.25) is 0 Å². The van der Waals surface area contributed by atoms with Gasteiger partial charge in [0, 0.05) is 5.92 Å². The highest BCUT2D eigenvalue weighted by Crippen LogP contribution is 2.43. The lowest BCUT2D eigenvalue weighted by Crippen LogP contribution is -2.13. The third-order valence-corrected chi connectivity index (χ3v) is 4.29. The molecule has 1 heterocycles. The van der Waals surface area contributed by atoms with Crippen molar-refractivity contribution in [2.24, 2.45) is 0 Å². The highest BCUT2D eigenvalue weighted by atomic mass is 32.1. The molecule has 1 N–H and O–H groups in total. The van der Waals surface area contributed by atoms with Gasteiger partial charge >= 0.3 is 5.97 Å². The van der Waals surface area contributed by atoms with Gasteiger partial charge in [0.2, 0.25) is 0 Å². The van der Waals surface area contributed by atoms with Crippen molar-refractivity contribution >= 4 is 27.5 Å². The van der Waals surface area contributed by atoms with Crippen molar-refractivity contribution in [3.63, 3.8) is 0 Å². The molecule has 5 heteroatoms. The second-order valence-corrected chi connectivity index (χ2v) is 5.54. The Morgan fingerprint density at radius 3 is 3.00 bits per heavy atom. The van der Waals surface area contributed by atoms with Crippen LogP contribution in [0, 0.1) is 0 Å². The Morgan fingerprint density at radius 1 is 1.56 bits per heavy atom. The number of hydrogen-bond donors (Lipinski definition) is 1. The molecule has 0 saturated heterocycles. The monoisotopic (exact) mass is 263 g/mol. The summed E-state index contributed by atoms with van der Waals surface area (Å²) in [4.78, 5) is 15.8. The van der Waals surface area contributed by atoms with Crippen LogP contribution in [0.4, 0.5) is 0 Å². The highest BCUT2D eigenvalue weighted by Gasteiger charge is 2.27. The highest BCUT2D eigenvalue weighted by molar-refractivity contribution is 7.18. The van der Waals surface area contributed by atoms with E-state index in [4.69, 9.17) is 0 Å². The lowest BCUT2D eigenvalue weighted by molar-refractivity contribution is -0.150. The Bertz CT molecular complexity index is 603. The Kier molecular flexibility index (Phi) is 2.80. The fourth-order valence-electron chi connectivity index (χ4n) is 1.88. The zero-order valence-electron chi connectivity index (χ0n) is 9.92. The summed E-state index contributed by atoms with van der Waals surface area (Å²) < 4.78 is 5.62. The fourth-order valence-corrected chi connectivity index (χ4v) is 3.00. The van der Waals surface area contributed by atoms with Gasteiger partial charge in [0.05, 0.1) is 22.3 Å². The first kappa shape index (κ1) is 11.6. The minimum Gasteiger partial charge on any atom is -0.467 e. The molecule has 1 saturated carbocycles. The van der Waals surface area contributed by atoms with E-state index in [0.717, 1.165) is 15.2 Å². The number of aliphatic hydroxyl groups is 1. The van der Waals surface area contributed by atoms with Gasteiger partial charge in [-0.1, -0.05) is 6.07 Å². The predicted molar refractivity (Wildman–Crippen MR) is 68.6 cm³/mol. The molecule has 1 unspecified atom stereocenters. The summed E-state index contributed by atoms with van der Waals surface area (Å²) >= 11 is 1.69. The van der Waals surface area contributed by atoms with Gasteiger partial charge in [0.15, 0.2) is 6.10 Å². The molecule has 0 bridgehead atoms. The molecule has 1 aromatic carbocycles. The van der Waals surface area contributed by atoms with Gasteiger partial charge in [-0.3, -0.25) is 0 Å². The average Bonchev–Trinajstić information content (AvgIpc) is 3.16. The van der Waals surface area contributed by atoms with E-state index < -0.39 is 12.1 Å². The number of aliphatic hydroxyl groups excluding tert-OH is 1. The minimum absolute atomic E-state index is 0.530. The van der Waals surface area contributed by atoms with Gasteiger partial charge in [-0.05, 0) is 30.5 Å². The number of ether oxygens (including phenoxy) is 1. The molecule has 0 amide bonds. The summed E-state index contributed by atoms with van der Waals surface area (Å²) in [6.07, 6.45) is 1.21. The Morgan fingerprint density at radius 2 is 2.33 bits per heavy atom. The van der Waals surface area contributed by atoms with Crippen molar-refractivity contribution in [1.29, 1.82) is 0 Å². The second kappa shape index (κ2) is 4.33. The number of esters is 1. The van der Waals surface area contributed by atoms with Crippen molar-refractivity contribution in [2.75, 3.05) is 7.11 Å². The molecule has 0 aliphatic heterocycles. The van der Waals surface area contributed by atoms with E-state index in [1.165, 1.54) is 20.0 Å². The van der Waals surface area contributed by atoms with Gasteiger partial charge in [-0.25, -0.2) is 9.78 Å². The number of methoxy groups -OCH3 is 1. The standard InChI is InChI=1S/C13H13NO3S/c1-17-13(16)11(15)8-4-5-10-9(6-8)14-12(18-10)7-2-3-7/h4-7,11,15H,2-3H2,1H3. The summed E-state index contributed by atoms with van der Waals surface area (Å²) in [5, 5.41) is 10.9. The summed E-state index contributed by atoms with van der Waals surface area (Å²) in [7, 11) is 1.26. The average molecular weight is 263 g/mol. The van der Waals surface area contributed by atoms with Crippen molar-refractivity contribution in [2.45, 2.75) is 24.9 Å². The first-order valence-electron chi connectivity index (χ1n) is 5.85. The Labute approximate surface area is 108 Å². The van der Waals surface area contributed by atoms with E-state index in [2.05, 4.69) is 9.72 Å². The van der Waals surface area contributed by atoms with Gasteiger partial charge in [0.1, 0.15) is 0 Å². The zero-order chi connectivity index (χ0) is 12.7. The fraction of sp³-hybridized carbons (Fsp3) is 0.385. The molecule has 4 nitrogen and oxygen atoms in total. The molecule has 0 radical (unpaired) electrons. The number of aromatic nitrogens is 1. The summed E-state index contributed by atoms with van der Waals surface area (Å²) in [6.45, 7) is 0. The molecule has 1 aromatic heterocycles. The summed E-state index contributed by atoms with van der Waals surface area (Å²) in [5.41, 5.74) is 1.38. The van der Waals surface area contributed by atoms with Crippen LogP contribution < -0.4 is 0 Å². The number of benzene rings is 1. The van der Waals surface area contributed by atoms with E-state index in [0.29, 0.717) is 11.5 Å². The van der Waals surface area contributed by atoms with E-state index in [9.17, 15) is 9.90 Å². The number of carbonyl (C=O) groups is 1. The van der Waals surface area contributed by atoms with Crippen molar-refractivity contribution in [1.82, 2.24) is 4.98 Å². The lowest BCUT2D eigenvalue weighted by Gasteiger charge is -2.07. The van der Waals surface area contributed by atoms with Crippen LogP contribution in [-0.4, -0.2) is 23.2 Å². The van der Waals surface area contributed by atoms with E-state index in [1.807, 2.05) is 6.07 Å². The molecule has 2 aromatic rings. The van der Waals surface area contributed by atoms with Crippen molar-refractivity contribution in [3.05, 3.63) is 28.8 Å². The van der Waals surface area contributed by atoms with Gasteiger partial charge in [-0.15, -0.1) is 11.3 Å². The Balaban J connectivity index is 1.96. The van der Waals surface area contributed by atoms with Crippen LogP contribution in [0.5, 0.6) is 0 Å². The number of nitrogens with zero attached hydrogens (tertiary/aromatic N) is 1. The van der Waals surface area contributed by atoms with Crippen molar-refractivity contribution < 1.29 is 14.6 Å². The number of hydrogen-bond acceptors (Lipinski definition) is 5. The first-order valence-corrected chi connectivity index (χ1v) is 6.67. The quantitative estimate of drug-likeness (QED) is 0.864. The summed E-state index contributed by atoms with van der Waals surface area (Å²) in [6, 6.07) is 5.42. The van der Waals surface area contributed by atoms with E-state index in [1.54, 1.807) is 23.5 Å². The third-order valence-electron chi connectivity index (χ3n) is 3.09. The number of carbonyl (C=O) groups excluding carboxylic acids is 1. The summed E-state index contributed by atoms with van der Waals surface area (Å²) in [5.74, 6) is -0.0247. The first-order chi connectivity index (χ1) is 8.69. The Hall–Kier alpha value is -1.46. The molecular formula is C13H13NO3S. The second-order valence-electron chi connectivity index (χ2n) is 4.48. The van der Waals surface area contributed by atoms with Crippen LogP contribution in [0.15, 0.2) is 18.2 Å². The van der Waals surface area contributed by atoms with Crippen LogP contribution in [0.25, 0.3) is 10.2 Å². The van der Waals surface area contributed by atoms with Crippen LogP contribution in [-0.2, 0) is 9.53 Å².